The molecule has 0 atom stereocenters. The molecule has 0 aliphatic heterocycles. The number of hydrogen-bond acceptors (Lipinski definition) is 3. The second-order valence-electron chi connectivity index (χ2n) is 4.60. The molecule has 4 heteroatoms. The average Bonchev–Trinajstić information content (AvgIpc) is 3.04. The maximum absolute atomic E-state index is 12.6. The Morgan fingerprint density at radius 1 is 1.00 bits per heavy atom. The predicted octanol–water partition coefficient (Wildman–Crippen LogP) is 3.62. The highest BCUT2D eigenvalue weighted by Gasteiger charge is 2.22. The van der Waals surface area contributed by atoms with Crippen molar-refractivity contribution < 1.29 is 9.21 Å². The number of aromatic nitrogens is 1. The Balaban J connectivity index is 1.95. The van der Waals surface area contributed by atoms with Crippen LogP contribution in [0.1, 0.15) is 10.5 Å². The van der Waals surface area contributed by atoms with Crippen molar-refractivity contribution in [1.29, 1.82) is 0 Å². The maximum atomic E-state index is 12.6. The van der Waals surface area contributed by atoms with E-state index < -0.39 is 0 Å². The van der Waals surface area contributed by atoms with Crippen LogP contribution < -0.4 is 4.90 Å². The van der Waals surface area contributed by atoms with Crippen LogP contribution >= 0.6 is 0 Å². The summed E-state index contributed by atoms with van der Waals surface area (Å²) in [4.78, 5) is 18.2. The number of carbonyl (C=O) groups excluding carboxylic acids is 1. The van der Waals surface area contributed by atoms with Gasteiger partial charge in [-0.2, -0.15) is 0 Å². The zero-order valence-corrected chi connectivity index (χ0v) is 11.6. The third-order valence-electron chi connectivity index (χ3n) is 3.25. The van der Waals surface area contributed by atoms with Crippen molar-refractivity contribution >= 4 is 11.6 Å². The van der Waals surface area contributed by atoms with Gasteiger partial charge >= 0.3 is 0 Å². The zero-order chi connectivity index (χ0) is 14.7. The van der Waals surface area contributed by atoms with Crippen molar-refractivity contribution in [2.45, 2.75) is 0 Å². The van der Waals surface area contributed by atoms with Crippen molar-refractivity contribution in [2.24, 2.45) is 0 Å². The molecule has 2 aromatic carbocycles. The van der Waals surface area contributed by atoms with Crippen LogP contribution in [0, 0.1) is 0 Å². The molecule has 1 heterocycles. The van der Waals surface area contributed by atoms with Crippen LogP contribution in [0.25, 0.3) is 11.3 Å². The van der Waals surface area contributed by atoms with E-state index in [1.807, 2.05) is 60.7 Å². The van der Waals surface area contributed by atoms with Crippen molar-refractivity contribution in [3.8, 4) is 11.3 Å². The molecular weight excluding hydrogens is 264 g/mol. The van der Waals surface area contributed by atoms with Gasteiger partial charge in [0.25, 0.3) is 5.91 Å². The van der Waals surface area contributed by atoms with E-state index in [-0.39, 0.29) is 5.91 Å². The highest BCUT2D eigenvalue weighted by atomic mass is 16.3. The summed E-state index contributed by atoms with van der Waals surface area (Å²) in [6.45, 7) is 0. The zero-order valence-electron chi connectivity index (χ0n) is 11.6. The molecule has 0 unspecified atom stereocenters. The summed E-state index contributed by atoms with van der Waals surface area (Å²) in [5.74, 6) is 0.289. The number of nitrogens with zero attached hydrogens (tertiary/aromatic N) is 2. The smallest absolute Gasteiger partial charge is 0.280 e. The first-order chi connectivity index (χ1) is 10.3. The Bertz CT molecular complexity index is 736. The van der Waals surface area contributed by atoms with Crippen LogP contribution in [0.15, 0.2) is 71.5 Å². The molecule has 0 N–H and O–H groups in total. The highest BCUT2D eigenvalue weighted by Crippen LogP contribution is 2.25. The van der Waals surface area contributed by atoms with E-state index in [0.717, 1.165) is 11.3 Å². The van der Waals surface area contributed by atoms with Crippen molar-refractivity contribution in [3.63, 3.8) is 0 Å². The number of hydrogen-bond donors (Lipinski definition) is 0. The second kappa shape index (κ2) is 5.63. The number of oxazole rings is 1. The van der Waals surface area contributed by atoms with Gasteiger partial charge in [0.05, 0.1) is 0 Å². The molecule has 0 aliphatic rings. The van der Waals surface area contributed by atoms with Gasteiger partial charge in [0.2, 0.25) is 0 Å². The summed E-state index contributed by atoms with van der Waals surface area (Å²) in [6.07, 6.45) is 1.30. The van der Waals surface area contributed by atoms with E-state index in [9.17, 15) is 4.79 Å². The third-order valence-corrected chi connectivity index (χ3v) is 3.25. The van der Waals surface area contributed by atoms with Gasteiger partial charge in [0.15, 0.2) is 17.8 Å². The summed E-state index contributed by atoms with van der Waals surface area (Å²) < 4.78 is 5.40. The molecule has 4 nitrogen and oxygen atoms in total. The fourth-order valence-electron chi connectivity index (χ4n) is 2.12. The summed E-state index contributed by atoms with van der Waals surface area (Å²) in [6, 6.07) is 18.9. The van der Waals surface area contributed by atoms with Gasteiger partial charge in [-0.3, -0.25) is 4.79 Å². The number of para-hydroxylation sites is 1. The first kappa shape index (κ1) is 13.1. The molecule has 1 amide bonds. The lowest BCUT2D eigenvalue weighted by atomic mass is 10.1. The lowest BCUT2D eigenvalue weighted by Crippen LogP contribution is -2.26. The number of rotatable bonds is 3. The number of amides is 1. The largest absolute Gasteiger partial charge is 0.443 e. The van der Waals surface area contributed by atoms with E-state index in [4.69, 9.17) is 4.42 Å². The van der Waals surface area contributed by atoms with Gasteiger partial charge in [-0.25, -0.2) is 4.98 Å². The second-order valence-corrected chi connectivity index (χ2v) is 4.60. The predicted molar refractivity (Wildman–Crippen MR) is 81.1 cm³/mol. The Morgan fingerprint density at radius 3 is 2.29 bits per heavy atom. The van der Waals surface area contributed by atoms with Gasteiger partial charge in [-0.15, -0.1) is 0 Å². The standard InChI is InChI=1S/C17H14N2O2/c1-19(14-10-6-3-7-11-14)17(20)15-16(21-12-18-15)13-8-4-2-5-9-13/h2-12H,1H3. The van der Waals surface area contributed by atoms with Gasteiger partial charge < -0.3 is 9.32 Å². The molecule has 1 aromatic heterocycles. The summed E-state index contributed by atoms with van der Waals surface area (Å²) in [5.41, 5.74) is 1.96. The van der Waals surface area contributed by atoms with Gasteiger partial charge in [0, 0.05) is 18.3 Å². The molecule has 0 radical (unpaired) electrons. The fraction of sp³-hybridized carbons (Fsp3) is 0.0588. The van der Waals surface area contributed by atoms with E-state index in [1.165, 1.54) is 6.39 Å². The molecule has 0 bridgehead atoms. The number of carbonyl (C=O) groups is 1. The minimum absolute atomic E-state index is 0.200. The lowest BCUT2D eigenvalue weighted by molar-refractivity contribution is 0.0989. The molecule has 0 saturated carbocycles. The van der Waals surface area contributed by atoms with Crippen molar-refractivity contribution in [2.75, 3.05) is 11.9 Å². The molecule has 0 fully saturated rings. The normalized spacial score (nSPS) is 10.3. The quantitative estimate of drug-likeness (QED) is 0.735. The third kappa shape index (κ3) is 2.56. The summed E-state index contributed by atoms with van der Waals surface area (Å²) >= 11 is 0. The van der Waals surface area contributed by atoms with E-state index >= 15 is 0 Å². The summed E-state index contributed by atoms with van der Waals surface area (Å²) in [7, 11) is 1.72. The van der Waals surface area contributed by atoms with Gasteiger partial charge in [-0.05, 0) is 12.1 Å². The van der Waals surface area contributed by atoms with Crippen molar-refractivity contribution in [1.82, 2.24) is 4.98 Å². The first-order valence-corrected chi connectivity index (χ1v) is 6.59. The molecule has 104 valence electrons. The topological polar surface area (TPSA) is 46.3 Å². The average molecular weight is 278 g/mol. The number of anilines is 1. The van der Waals surface area contributed by atoms with Gasteiger partial charge in [-0.1, -0.05) is 48.5 Å². The van der Waals surface area contributed by atoms with Crippen LogP contribution in [0.3, 0.4) is 0 Å². The SMILES string of the molecule is CN(C(=O)c1ncoc1-c1ccccc1)c1ccccc1. The molecule has 0 aliphatic carbocycles. The van der Waals surface area contributed by atoms with Crippen LogP contribution in [-0.4, -0.2) is 17.9 Å². The Hall–Kier alpha value is -2.88. The molecule has 3 aromatic rings. The fourth-order valence-corrected chi connectivity index (χ4v) is 2.12. The lowest BCUT2D eigenvalue weighted by Gasteiger charge is -2.16. The first-order valence-electron chi connectivity index (χ1n) is 6.59. The molecule has 3 rings (SSSR count). The van der Waals surface area contributed by atoms with Crippen molar-refractivity contribution in [3.05, 3.63) is 72.8 Å². The Kier molecular flexibility index (Phi) is 3.51. The molecule has 0 saturated heterocycles. The Morgan fingerprint density at radius 2 is 1.62 bits per heavy atom. The Labute approximate surface area is 122 Å². The van der Waals surface area contributed by atoms with Crippen LogP contribution in [0.4, 0.5) is 5.69 Å². The monoisotopic (exact) mass is 278 g/mol. The molecule has 21 heavy (non-hydrogen) atoms. The summed E-state index contributed by atoms with van der Waals surface area (Å²) in [5, 5.41) is 0. The molecule has 0 spiro atoms. The highest BCUT2D eigenvalue weighted by molar-refractivity contribution is 6.07. The van der Waals surface area contributed by atoms with E-state index in [0.29, 0.717) is 11.5 Å². The minimum atomic E-state index is -0.200. The van der Waals surface area contributed by atoms with Crippen LogP contribution in [-0.2, 0) is 0 Å². The van der Waals surface area contributed by atoms with Gasteiger partial charge in [0.1, 0.15) is 0 Å². The molecular formula is C17H14N2O2. The van der Waals surface area contributed by atoms with E-state index in [1.54, 1.807) is 11.9 Å². The van der Waals surface area contributed by atoms with Crippen LogP contribution in [0.5, 0.6) is 0 Å². The maximum Gasteiger partial charge on any atom is 0.280 e. The number of benzene rings is 2. The van der Waals surface area contributed by atoms with Crippen LogP contribution in [0.2, 0.25) is 0 Å². The minimum Gasteiger partial charge on any atom is -0.443 e. The van der Waals surface area contributed by atoms with E-state index in [2.05, 4.69) is 4.98 Å².